The third-order valence-electron chi connectivity index (χ3n) is 3.83. The van der Waals surface area contributed by atoms with E-state index in [0.717, 1.165) is 4.47 Å². The predicted molar refractivity (Wildman–Crippen MR) is 84.6 cm³/mol. The Hall–Kier alpha value is -1.28. The largest absolute Gasteiger partial charge is 0.379 e. The molecule has 1 atom stereocenters. The molecule has 0 amide bonds. The first kappa shape index (κ1) is 12.7. The summed E-state index contributed by atoms with van der Waals surface area (Å²) in [5.41, 5.74) is 5.58. The van der Waals surface area contributed by atoms with Gasteiger partial charge in [-0.3, -0.25) is 0 Å². The van der Waals surface area contributed by atoms with E-state index in [4.69, 9.17) is 0 Å². The summed E-state index contributed by atoms with van der Waals surface area (Å²) in [6, 6.07) is 15.6. The van der Waals surface area contributed by atoms with Crippen LogP contribution in [-0.4, -0.2) is 0 Å². The van der Waals surface area contributed by atoms with Gasteiger partial charge in [-0.05, 0) is 67.1 Å². The average Bonchev–Trinajstić information content (AvgIpc) is 2.86. The number of nitrogens with one attached hydrogen (secondary N) is 1. The van der Waals surface area contributed by atoms with Gasteiger partial charge in [-0.1, -0.05) is 34.1 Å². The second kappa shape index (κ2) is 5.38. The normalized spacial score (nSPS) is 15.1. The standard InChI is InChI=1S/C17H18BrN/c1-12(14-5-3-7-16(18)10-14)19-17-9-8-13-4-2-6-15(13)11-17/h3,5,7-12,19H,2,4,6H2,1H3. The van der Waals surface area contributed by atoms with E-state index >= 15 is 0 Å². The summed E-state index contributed by atoms with van der Waals surface area (Å²) >= 11 is 3.53. The van der Waals surface area contributed by atoms with E-state index in [0.29, 0.717) is 6.04 Å². The Morgan fingerprint density at radius 2 is 1.89 bits per heavy atom. The lowest BCUT2D eigenvalue weighted by atomic mass is 10.1. The molecule has 1 aliphatic carbocycles. The highest BCUT2D eigenvalue weighted by atomic mass is 79.9. The van der Waals surface area contributed by atoms with Crippen molar-refractivity contribution in [3.63, 3.8) is 0 Å². The van der Waals surface area contributed by atoms with E-state index in [1.807, 2.05) is 0 Å². The van der Waals surface area contributed by atoms with Crippen molar-refractivity contribution in [2.45, 2.75) is 32.2 Å². The summed E-state index contributed by atoms with van der Waals surface area (Å²) in [6.07, 6.45) is 3.78. The first-order valence-corrected chi connectivity index (χ1v) is 7.65. The monoisotopic (exact) mass is 315 g/mol. The molecule has 2 aromatic rings. The number of benzene rings is 2. The highest BCUT2D eigenvalue weighted by Gasteiger charge is 2.12. The van der Waals surface area contributed by atoms with Gasteiger partial charge in [0.25, 0.3) is 0 Å². The Morgan fingerprint density at radius 3 is 2.74 bits per heavy atom. The fourth-order valence-corrected chi connectivity index (χ4v) is 3.19. The number of fused-ring (bicyclic) bond motifs is 1. The van der Waals surface area contributed by atoms with E-state index < -0.39 is 0 Å². The quantitative estimate of drug-likeness (QED) is 0.829. The van der Waals surface area contributed by atoms with Gasteiger partial charge in [0, 0.05) is 16.2 Å². The van der Waals surface area contributed by atoms with Crippen LogP contribution in [0.4, 0.5) is 5.69 Å². The fourth-order valence-electron chi connectivity index (χ4n) is 2.77. The molecule has 98 valence electrons. The van der Waals surface area contributed by atoms with E-state index in [1.165, 1.54) is 41.6 Å². The van der Waals surface area contributed by atoms with Crippen LogP contribution in [0.25, 0.3) is 0 Å². The molecule has 0 fully saturated rings. The second-order valence-corrected chi connectivity index (χ2v) is 6.17. The van der Waals surface area contributed by atoms with Crippen molar-refractivity contribution in [1.29, 1.82) is 0 Å². The van der Waals surface area contributed by atoms with Gasteiger partial charge in [-0.15, -0.1) is 0 Å². The maximum absolute atomic E-state index is 3.59. The molecule has 19 heavy (non-hydrogen) atoms. The maximum atomic E-state index is 3.59. The number of aryl methyl sites for hydroxylation is 2. The molecular weight excluding hydrogens is 298 g/mol. The van der Waals surface area contributed by atoms with Crippen molar-refractivity contribution in [2.24, 2.45) is 0 Å². The average molecular weight is 316 g/mol. The lowest BCUT2D eigenvalue weighted by Crippen LogP contribution is -2.06. The summed E-state index contributed by atoms with van der Waals surface area (Å²) in [5.74, 6) is 0. The number of halogens is 1. The van der Waals surface area contributed by atoms with Crippen molar-refractivity contribution in [3.8, 4) is 0 Å². The topological polar surface area (TPSA) is 12.0 Å². The highest BCUT2D eigenvalue weighted by molar-refractivity contribution is 9.10. The number of anilines is 1. The van der Waals surface area contributed by atoms with Gasteiger partial charge < -0.3 is 5.32 Å². The fraction of sp³-hybridized carbons (Fsp3) is 0.294. The Bertz CT molecular complexity index is 592. The van der Waals surface area contributed by atoms with Crippen LogP contribution in [0.3, 0.4) is 0 Å². The van der Waals surface area contributed by atoms with Gasteiger partial charge in [0.15, 0.2) is 0 Å². The predicted octanol–water partition coefficient (Wildman–Crippen LogP) is 5.11. The molecule has 1 unspecified atom stereocenters. The lowest BCUT2D eigenvalue weighted by molar-refractivity contribution is 0.882. The van der Waals surface area contributed by atoms with Crippen LogP contribution in [0.5, 0.6) is 0 Å². The van der Waals surface area contributed by atoms with Gasteiger partial charge in [-0.2, -0.15) is 0 Å². The SMILES string of the molecule is CC(Nc1ccc2c(c1)CCC2)c1cccc(Br)c1. The lowest BCUT2D eigenvalue weighted by Gasteiger charge is -2.17. The third kappa shape index (κ3) is 2.84. The second-order valence-electron chi connectivity index (χ2n) is 5.26. The molecule has 0 aromatic heterocycles. The molecular formula is C17H18BrN. The Kier molecular flexibility index (Phi) is 3.61. The van der Waals surface area contributed by atoms with E-state index in [2.05, 4.69) is 70.6 Å². The van der Waals surface area contributed by atoms with Gasteiger partial charge in [0.05, 0.1) is 0 Å². The smallest absolute Gasteiger partial charge is 0.0486 e. The van der Waals surface area contributed by atoms with Crippen molar-refractivity contribution in [2.75, 3.05) is 5.32 Å². The van der Waals surface area contributed by atoms with Crippen LogP contribution in [-0.2, 0) is 12.8 Å². The van der Waals surface area contributed by atoms with Crippen LogP contribution < -0.4 is 5.32 Å². The van der Waals surface area contributed by atoms with Crippen molar-refractivity contribution in [1.82, 2.24) is 0 Å². The molecule has 1 N–H and O–H groups in total. The molecule has 2 heteroatoms. The molecule has 0 spiro atoms. The van der Waals surface area contributed by atoms with Crippen LogP contribution in [0.1, 0.15) is 36.1 Å². The summed E-state index contributed by atoms with van der Waals surface area (Å²) in [7, 11) is 0. The molecule has 0 radical (unpaired) electrons. The summed E-state index contributed by atoms with van der Waals surface area (Å²) in [4.78, 5) is 0. The number of hydrogen-bond acceptors (Lipinski definition) is 1. The van der Waals surface area contributed by atoms with Crippen LogP contribution in [0, 0.1) is 0 Å². The zero-order valence-corrected chi connectivity index (χ0v) is 12.7. The Labute approximate surface area is 123 Å². The Balaban J connectivity index is 1.77. The minimum Gasteiger partial charge on any atom is -0.379 e. The minimum absolute atomic E-state index is 0.317. The molecule has 0 saturated heterocycles. The van der Waals surface area contributed by atoms with Gasteiger partial charge in [-0.25, -0.2) is 0 Å². The highest BCUT2D eigenvalue weighted by Crippen LogP contribution is 2.27. The van der Waals surface area contributed by atoms with Gasteiger partial charge >= 0.3 is 0 Å². The number of rotatable bonds is 3. The van der Waals surface area contributed by atoms with E-state index in [-0.39, 0.29) is 0 Å². The van der Waals surface area contributed by atoms with Crippen molar-refractivity contribution >= 4 is 21.6 Å². The minimum atomic E-state index is 0.317. The molecule has 0 heterocycles. The summed E-state index contributed by atoms with van der Waals surface area (Å²) in [5, 5.41) is 3.59. The molecule has 0 bridgehead atoms. The van der Waals surface area contributed by atoms with Crippen LogP contribution in [0.15, 0.2) is 46.9 Å². The Morgan fingerprint density at radius 1 is 1.05 bits per heavy atom. The number of hydrogen-bond donors (Lipinski definition) is 1. The first-order valence-electron chi connectivity index (χ1n) is 6.86. The molecule has 1 aliphatic rings. The zero-order valence-electron chi connectivity index (χ0n) is 11.1. The van der Waals surface area contributed by atoms with Crippen LogP contribution in [0.2, 0.25) is 0 Å². The van der Waals surface area contributed by atoms with Gasteiger partial charge in [0.2, 0.25) is 0 Å². The van der Waals surface area contributed by atoms with Crippen molar-refractivity contribution < 1.29 is 0 Å². The van der Waals surface area contributed by atoms with E-state index in [9.17, 15) is 0 Å². The molecule has 3 rings (SSSR count). The van der Waals surface area contributed by atoms with Crippen LogP contribution >= 0.6 is 15.9 Å². The maximum Gasteiger partial charge on any atom is 0.0486 e. The molecule has 0 saturated carbocycles. The summed E-state index contributed by atoms with van der Waals surface area (Å²) in [6.45, 7) is 2.20. The zero-order chi connectivity index (χ0) is 13.2. The third-order valence-corrected chi connectivity index (χ3v) is 4.32. The molecule has 2 aromatic carbocycles. The van der Waals surface area contributed by atoms with Crippen molar-refractivity contribution in [3.05, 3.63) is 63.6 Å². The first-order chi connectivity index (χ1) is 9.22. The van der Waals surface area contributed by atoms with Gasteiger partial charge in [0.1, 0.15) is 0 Å². The summed E-state index contributed by atoms with van der Waals surface area (Å²) < 4.78 is 1.13. The van der Waals surface area contributed by atoms with E-state index in [1.54, 1.807) is 0 Å². The molecule has 1 nitrogen and oxygen atoms in total. The molecule has 0 aliphatic heterocycles.